The number of hydrogen-bond acceptors (Lipinski definition) is 3. The average Bonchev–Trinajstić information content (AvgIpc) is 3.04. The molecule has 0 aromatic heterocycles. The van der Waals surface area contributed by atoms with E-state index in [0.29, 0.717) is 13.1 Å². The molecule has 0 aliphatic carbocycles. The first-order chi connectivity index (χ1) is 10.3. The Balaban J connectivity index is 0.00000264. The van der Waals surface area contributed by atoms with Crippen molar-refractivity contribution in [2.75, 3.05) is 32.7 Å². The molecule has 2 aliphatic rings. The number of amides is 2. The molecule has 0 saturated carbocycles. The molecule has 0 spiro atoms. The third-order valence-corrected chi connectivity index (χ3v) is 4.16. The Kier molecular flexibility index (Phi) is 7.13. The van der Waals surface area contributed by atoms with Crippen molar-refractivity contribution in [2.24, 2.45) is 5.92 Å². The Morgan fingerprint density at radius 3 is 2.65 bits per heavy atom. The molecule has 2 saturated heterocycles. The summed E-state index contributed by atoms with van der Waals surface area (Å²) < 4.78 is 37.3. The lowest BCUT2D eigenvalue weighted by molar-refractivity contribution is -0.157. The second kappa shape index (κ2) is 8.19. The number of carbonyl (C=O) groups is 2. The maximum atomic E-state index is 12.6. The Labute approximate surface area is 140 Å². The molecule has 134 valence electrons. The molecule has 23 heavy (non-hydrogen) atoms. The maximum Gasteiger partial charge on any atom is 0.406 e. The van der Waals surface area contributed by atoms with Gasteiger partial charge in [0.1, 0.15) is 6.54 Å². The van der Waals surface area contributed by atoms with Crippen LogP contribution in [0.25, 0.3) is 0 Å². The van der Waals surface area contributed by atoms with Crippen LogP contribution >= 0.6 is 12.4 Å². The minimum absolute atomic E-state index is 0. The van der Waals surface area contributed by atoms with Gasteiger partial charge in [0.2, 0.25) is 11.8 Å². The van der Waals surface area contributed by atoms with Crippen molar-refractivity contribution in [3.05, 3.63) is 0 Å². The molecule has 2 atom stereocenters. The highest BCUT2D eigenvalue weighted by Crippen LogP contribution is 2.26. The van der Waals surface area contributed by atoms with Crippen molar-refractivity contribution in [2.45, 2.75) is 38.4 Å². The molecule has 0 aromatic carbocycles. The largest absolute Gasteiger partial charge is 0.406 e. The van der Waals surface area contributed by atoms with Crippen LogP contribution in [-0.4, -0.2) is 66.6 Å². The molecule has 0 radical (unpaired) electrons. The third kappa shape index (κ3) is 5.24. The Morgan fingerprint density at radius 2 is 2.13 bits per heavy atom. The van der Waals surface area contributed by atoms with E-state index >= 15 is 0 Å². The van der Waals surface area contributed by atoms with Crippen LogP contribution in [0.2, 0.25) is 0 Å². The maximum absolute atomic E-state index is 12.6. The van der Waals surface area contributed by atoms with Crippen LogP contribution in [0.15, 0.2) is 0 Å². The number of halogens is 4. The molecule has 2 fully saturated rings. The van der Waals surface area contributed by atoms with E-state index in [9.17, 15) is 22.8 Å². The Hall–Kier alpha value is -1.02. The number of alkyl halides is 3. The SMILES string of the molecule is CCCN(C(=O)C1CC(=O)N(CC(F)(F)F)C1)C1CCNC1.Cl. The first-order valence-electron chi connectivity index (χ1n) is 7.67. The zero-order valence-electron chi connectivity index (χ0n) is 13.1. The van der Waals surface area contributed by atoms with Crippen molar-refractivity contribution >= 4 is 24.2 Å². The zero-order valence-corrected chi connectivity index (χ0v) is 13.9. The monoisotopic (exact) mass is 357 g/mol. The highest BCUT2D eigenvalue weighted by atomic mass is 35.5. The quantitative estimate of drug-likeness (QED) is 0.809. The van der Waals surface area contributed by atoms with Crippen LogP contribution in [0.5, 0.6) is 0 Å². The molecule has 2 rings (SSSR count). The van der Waals surface area contributed by atoms with Crippen LogP contribution in [0.4, 0.5) is 13.2 Å². The topological polar surface area (TPSA) is 52.7 Å². The number of likely N-dealkylation sites (tertiary alicyclic amines) is 1. The van der Waals surface area contributed by atoms with E-state index in [2.05, 4.69) is 5.32 Å². The van der Waals surface area contributed by atoms with E-state index in [4.69, 9.17) is 0 Å². The number of rotatable bonds is 5. The minimum Gasteiger partial charge on any atom is -0.338 e. The summed E-state index contributed by atoms with van der Waals surface area (Å²) in [7, 11) is 0. The van der Waals surface area contributed by atoms with Crippen LogP contribution < -0.4 is 5.32 Å². The number of nitrogens with one attached hydrogen (secondary N) is 1. The fourth-order valence-electron chi connectivity index (χ4n) is 3.16. The first-order valence-corrected chi connectivity index (χ1v) is 7.67. The zero-order chi connectivity index (χ0) is 16.3. The number of nitrogens with zero attached hydrogens (tertiary/aromatic N) is 2. The summed E-state index contributed by atoms with van der Waals surface area (Å²) in [4.78, 5) is 26.8. The van der Waals surface area contributed by atoms with E-state index in [1.54, 1.807) is 4.90 Å². The van der Waals surface area contributed by atoms with Crippen LogP contribution in [-0.2, 0) is 9.59 Å². The molecule has 2 heterocycles. The van der Waals surface area contributed by atoms with E-state index in [-0.39, 0.29) is 37.3 Å². The average molecular weight is 358 g/mol. The van der Waals surface area contributed by atoms with E-state index in [1.165, 1.54) is 0 Å². The summed E-state index contributed by atoms with van der Waals surface area (Å²) in [6.45, 7) is 2.68. The number of hydrogen-bond donors (Lipinski definition) is 1. The van der Waals surface area contributed by atoms with Crippen molar-refractivity contribution in [1.29, 1.82) is 0 Å². The van der Waals surface area contributed by atoms with Crippen molar-refractivity contribution in [3.8, 4) is 0 Å². The molecule has 0 bridgehead atoms. The molecular formula is C14H23ClF3N3O2. The van der Waals surface area contributed by atoms with E-state index < -0.39 is 24.5 Å². The lowest BCUT2D eigenvalue weighted by Crippen LogP contribution is -2.46. The summed E-state index contributed by atoms with van der Waals surface area (Å²) in [5.41, 5.74) is 0. The summed E-state index contributed by atoms with van der Waals surface area (Å²) in [6, 6.07) is 0.0826. The fraction of sp³-hybridized carbons (Fsp3) is 0.857. The second-order valence-corrected chi connectivity index (χ2v) is 5.97. The van der Waals surface area contributed by atoms with Crippen LogP contribution in [0.1, 0.15) is 26.2 Å². The molecule has 2 amide bonds. The van der Waals surface area contributed by atoms with Crippen LogP contribution in [0.3, 0.4) is 0 Å². The summed E-state index contributed by atoms with van der Waals surface area (Å²) in [5.74, 6) is -1.42. The molecule has 5 nitrogen and oxygen atoms in total. The molecule has 1 N–H and O–H groups in total. The van der Waals surface area contributed by atoms with Gasteiger partial charge in [-0.25, -0.2) is 0 Å². The van der Waals surface area contributed by atoms with Gasteiger partial charge in [0.25, 0.3) is 0 Å². The smallest absolute Gasteiger partial charge is 0.338 e. The van der Waals surface area contributed by atoms with Gasteiger partial charge >= 0.3 is 6.18 Å². The Morgan fingerprint density at radius 1 is 1.43 bits per heavy atom. The predicted molar refractivity (Wildman–Crippen MR) is 81.3 cm³/mol. The summed E-state index contributed by atoms with van der Waals surface area (Å²) >= 11 is 0. The predicted octanol–water partition coefficient (Wildman–Crippen LogP) is 1.42. The van der Waals surface area contributed by atoms with Crippen LogP contribution in [0, 0.1) is 5.92 Å². The van der Waals surface area contributed by atoms with Gasteiger partial charge in [0.05, 0.1) is 5.92 Å². The number of carbonyl (C=O) groups excluding carboxylic acids is 2. The normalized spacial score (nSPS) is 24.7. The lowest BCUT2D eigenvalue weighted by atomic mass is 10.0. The van der Waals surface area contributed by atoms with Crippen molar-refractivity contribution in [3.63, 3.8) is 0 Å². The minimum atomic E-state index is -4.42. The molecule has 2 aliphatic heterocycles. The molecule has 9 heteroatoms. The molecular weight excluding hydrogens is 335 g/mol. The van der Waals surface area contributed by atoms with Gasteiger partial charge in [0.15, 0.2) is 0 Å². The van der Waals surface area contributed by atoms with Gasteiger partial charge in [-0.15, -0.1) is 12.4 Å². The first kappa shape index (κ1) is 20.0. The highest BCUT2D eigenvalue weighted by molar-refractivity contribution is 5.89. The fourth-order valence-corrected chi connectivity index (χ4v) is 3.16. The standard InChI is InChI=1S/C14H22F3N3O2.ClH/c1-2-5-20(11-3-4-18-7-11)13(22)10-6-12(21)19(8-10)9-14(15,16)17;/h10-11,18H,2-9H2,1H3;1H. The van der Waals surface area contributed by atoms with Gasteiger partial charge in [-0.05, 0) is 19.4 Å². The van der Waals surface area contributed by atoms with Gasteiger partial charge in [-0.2, -0.15) is 13.2 Å². The Bertz CT molecular complexity index is 428. The summed E-state index contributed by atoms with van der Waals surface area (Å²) in [6.07, 6.45) is -2.91. The highest BCUT2D eigenvalue weighted by Gasteiger charge is 2.42. The van der Waals surface area contributed by atoms with Crippen molar-refractivity contribution < 1.29 is 22.8 Å². The van der Waals surface area contributed by atoms with Crippen molar-refractivity contribution in [1.82, 2.24) is 15.1 Å². The summed E-state index contributed by atoms with van der Waals surface area (Å²) in [5, 5.41) is 3.19. The second-order valence-electron chi connectivity index (χ2n) is 5.97. The molecule has 0 aromatic rings. The molecule has 2 unspecified atom stereocenters. The van der Waals surface area contributed by atoms with E-state index in [1.807, 2.05) is 6.92 Å². The van der Waals surface area contributed by atoms with Gasteiger partial charge in [-0.3, -0.25) is 9.59 Å². The van der Waals surface area contributed by atoms with Gasteiger partial charge < -0.3 is 15.1 Å². The third-order valence-electron chi connectivity index (χ3n) is 4.16. The van der Waals surface area contributed by atoms with Gasteiger partial charge in [-0.1, -0.05) is 6.92 Å². The van der Waals surface area contributed by atoms with E-state index in [0.717, 1.165) is 24.3 Å². The lowest BCUT2D eigenvalue weighted by Gasteiger charge is -2.30. The van der Waals surface area contributed by atoms with Gasteiger partial charge in [0, 0.05) is 32.1 Å².